The lowest BCUT2D eigenvalue weighted by Gasteiger charge is -2.29. The van der Waals surface area contributed by atoms with Gasteiger partial charge in [0.2, 0.25) is 10.0 Å². The Bertz CT molecular complexity index is 943. The molecule has 0 bridgehead atoms. The van der Waals surface area contributed by atoms with Gasteiger partial charge in [-0.1, -0.05) is 12.1 Å². The van der Waals surface area contributed by atoms with Gasteiger partial charge in [-0.05, 0) is 42.7 Å². The van der Waals surface area contributed by atoms with Crippen LogP contribution in [0.3, 0.4) is 0 Å². The predicted molar refractivity (Wildman–Crippen MR) is 96.0 cm³/mol. The summed E-state index contributed by atoms with van der Waals surface area (Å²) in [6, 6.07) is 7.29. The number of hydrogen-bond donors (Lipinski definition) is 2. The minimum atomic E-state index is -3.44. The molecule has 0 spiro atoms. The van der Waals surface area contributed by atoms with Crippen LogP contribution < -0.4 is 14.9 Å². The lowest BCUT2D eigenvalue weighted by atomic mass is 10.0. The average Bonchev–Trinajstić information content (AvgIpc) is 2.57. The van der Waals surface area contributed by atoms with E-state index in [1.54, 1.807) is 12.1 Å². The van der Waals surface area contributed by atoms with Crippen LogP contribution in [0.25, 0.3) is 0 Å². The van der Waals surface area contributed by atoms with Gasteiger partial charge in [-0.15, -0.1) is 0 Å². The molecule has 2 amide bonds. The van der Waals surface area contributed by atoms with Crippen LogP contribution in [0.1, 0.15) is 12.0 Å². The molecule has 0 unspecified atom stereocenters. The van der Waals surface area contributed by atoms with Gasteiger partial charge in [0, 0.05) is 12.2 Å². The summed E-state index contributed by atoms with van der Waals surface area (Å²) in [4.78, 5) is 12.0. The van der Waals surface area contributed by atoms with Crippen LogP contribution >= 0.6 is 0 Å². The number of rotatable bonds is 3. The Kier molecular flexibility index (Phi) is 4.82. The molecule has 2 N–H and O–H groups in total. The van der Waals surface area contributed by atoms with Crippen LogP contribution in [0.15, 0.2) is 36.4 Å². The maximum absolute atomic E-state index is 13.6. The van der Waals surface area contributed by atoms with Crippen molar-refractivity contribution in [1.29, 1.82) is 0 Å². The standard InChI is InChI=1S/C17H17F2N3O3S/c1-26(24,25)22-9-3-4-11-7-8-12(10-15(11)22)20-17(23)21-16-13(18)5-2-6-14(16)19/h2,5-8,10H,3-4,9H2,1H3,(H2,20,21,23). The average molecular weight is 381 g/mol. The zero-order chi connectivity index (χ0) is 18.9. The molecular weight excluding hydrogens is 364 g/mol. The van der Waals surface area contributed by atoms with Gasteiger partial charge in [-0.25, -0.2) is 22.0 Å². The number of hydrogen-bond acceptors (Lipinski definition) is 3. The molecule has 138 valence electrons. The van der Waals surface area contributed by atoms with Crippen molar-refractivity contribution >= 4 is 33.1 Å². The van der Waals surface area contributed by atoms with E-state index < -0.39 is 33.4 Å². The number of anilines is 3. The molecule has 0 atom stereocenters. The molecule has 0 saturated heterocycles. The molecule has 0 aromatic heterocycles. The summed E-state index contributed by atoms with van der Waals surface area (Å²) in [7, 11) is -3.44. The van der Waals surface area contributed by atoms with Crippen LogP contribution in [-0.4, -0.2) is 27.2 Å². The Morgan fingerprint density at radius 1 is 1.12 bits per heavy atom. The van der Waals surface area contributed by atoms with Crippen molar-refractivity contribution in [3.63, 3.8) is 0 Å². The second kappa shape index (κ2) is 6.91. The normalized spacial score (nSPS) is 13.9. The van der Waals surface area contributed by atoms with Crippen molar-refractivity contribution in [2.24, 2.45) is 0 Å². The predicted octanol–water partition coefficient (Wildman–Crippen LogP) is 3.32. The van der Waals surface area contributed by atoms with Crippen LogP contribution in [0.2, 0.25) is 0 Å². The fourth-order valence-electron chi connectivity index (χ4n) is 2.86. The number of benzene rings is 2. The zero-order valence-corrected chi connectivity index (χ0v) is 14.7. The first-order valence-corrected chi connectivity index (χ1v) is 9.73. The number of fused-ring (bicyclic) bond motifs is 1. The fourth-order valence-corrected chi connectivity index (χ4v) is 3.84. The number of aryl methyl sites for hydroxylation is 1. The second-order valence-electron chi connectivity index (χ2n) is 5.96. The first-order valence-electron chi connectivity index (χ1n) is 7.88. The summed E-state index contributed by atoms with van der Waals surface area (Å²) in [5.41, 5.74) is 1.11. The molecule has 1 heterocycles. The number of urea groups is 1. The number of nitrogens with zero attached hydrogens (tertiary/aromatic N) is 1. The summed E-state index contributed by atoms with van der Waals surface area (Å²) < 4.78 is 52.4. The smallest absolute Gasteiger partial charge is 0.308 e. The Morgan fingerprint density at radius 2 is 1.81 bits per heavy atom. The molecular formula is C17H17F2N3O3S. The minimum Gasteiger partial charge on any atom is -0.308 e. The van der Waals surface area contributed by atoms with Crippen molar-refractivity contribution in [3.8, 4) is 0 Å². The van der Waals surface area contributed by atoms with Gasteiger partial charge in [-0.2, -0.15) is 0 Å². The van der Waals surface area contributed by atoms with Gasteiger partial charge in [0.05, 0.1) is 11.9 Å². The van der Waals surface area contributed by atoms with Gasteiger partial charge < -0.3 is 10.6 Å². The molecule has 2 aromatic carbocycles. The highest BCUT2D eigenvalue weighted by Crippen LogP contribution is 2.31. The molecule has 2 aromatic rings. The third-order valence-electron chi connectivity index (χ3n) is 4.02. The van der Waals surface area contributed by atoms with Crippen molar-refractivity contribution in [3.05, 3.63) is 53.6 Å². The quantitative estimate of drug-likeness (QED) is 0.856. The van der Waals surface area contributed by atoms with Gasteiger partial charge in [-0.3, -0.25) is 4.31 Å². The molecule has 3 rings (SSSR count). The molecule has 1 aliphatic heterocycles. The summed E-state index contributed by atoms with van der Waals surface area (Å²) in [6.45, 7) is 0.363. The summed E-state index contributed by atoms with van der Waals surface area (Å²) >= 11 is 0. The van der Waals surface area contributed by atoms with Crippen molar-refractivity contribution in [2.75, 3.05) is 27.7 Å². The number of sulfonamides is 1. The Balaban J connectivity index is 1.82. The molecule has 0 radical (unpaired) electrons. The van der Waals surface area contributed by atoms with Gasteiger partial charge in [0.25, 0.3) is 0 Å². The monoisotopic (exact) mass is 381 g/mol. The molecule has 0 fully saturated rings. The number of carbonyl (C=O) groups is 1. The van der Waals surface area contributed by atoms with E-state index >= 15 is 0 Å². The SMILES string of the molecule is CS(=O)(=O)N1CCCc2ccc(NC(=O)Nc3c(F)cccc3F)cc21. The second-order valence-corrected chi connectivity index (χ2v) is 7.86. The number of nitrogens with one attached hydrogen (secondary N) is 2. The van der Waals surface area contributed by atoms with Crippen LogP contribution in [0.4, 0.5) is 30.6 Å². The molecule has 6 nitrogen and oxygen atoms in total. The van der Waals surface area contributed by atoms with E-state index in [-0.39, 0.29) is 0 Å². The largest absolute Gasteiger partial charge is 0.323 e. The third kappa shape index (κ3) is 3.77. The Morgan fingerprint density at radius 3 is 2.46 bits per heavy atom. The highest BCUT2D eigenvalue weighted by atomic mass is 32.2. The topological polar surface area (TPSA) is 78.5 Å². The fraction of sp³-hybridized carbons (Fsp3) is 0.235. The number of amides is 2. The Hall–Kier alpha value is -2.68. The van der Waals surface area contributed by atoms with E-state index in [1.807, 2.05) is 0 Å². The lowest BCUT2D eigenvalue weighted by Crippen LogP contribution is -2.34. The third-order valence-corrected chi connectivity index (χ3v) is 5.20. The highest BCUT2D eigenvalue weighted by molar-refractivity contribution is 7.92. The number of halogens is 2. The van der Waals surface area contributed by atoms with Crippen LogP contribution in [0.5, 0.6) is 0 Å². The minimum absolute atomic E-state index is 0.313. The number of para-hydroxylation sites is 1. The van der Waals surface area contributed by atoms with Crippen LogP contribution in [0, 0.1) is 11.6 Å². The van der Waals surface area contributed by atoms with E-state index in [0.29, 0.717) is 24.3 Å². The van der Waals surface area contributed by atoms with E-state index in [9.17, 15) is 22.0 Å². The first-order chi connectivity index (χ1) is 12.3. The summed E-state index contributed by atoms with van der Waals surface area (Å²) in [6.07, 6.45) is 2.56. The van der Waals surface area contributed by atoms with Gasteiger partial charge in [0.1, 0.15) is 17.3 Å². The Labute approximate surface area is 149 Å². The maximum Gasteiger partial charge on any atom is 0.323 e. The first kappa shape index (κ1) is 18.1. The van der Waals surface area contributed by atoms with Crippen molar-refractivity contribution < 1.29 is 22.0 Å². The molecule has 26 heavy (non-hydrogen) atoms. The molecule has 9 heteroatoms. The lowest BCUT2D eigenvalue weighted by molar-refractivity contribution is 0.262. The van der Waals surface area contributed by atoms with E-state index in [0.717, 1.165) is 30.4 Å². The zero-order valence-electron chi connectivity index (χ0n) is 13.9. The van der Waals surface area contributed by atoms with E-state index in [4.69, 9.17) is 0 Å². The van der Waals surface area contributed by atoms with Crippen LogP contribution in [-0.2, 0) is 16.4 Å². The maximum atomic E-state index is 13.6. The van der Waals surface area contributed by atoms with Crippen molar-refractivity contribution in [2.45, 2.75) is 12.8 Å². The highest BCUT2D eigenvalue weighted by Gasteiger charge is 2.24. The summed E-state index contributed by atoms with van der Waals surface area (Å²) in [5.74, 6) is -1.79. The van der Waals surface area contributed by atoms with E-state index in [2.05, 4.69) is 10.6 Å². The molecule has 0 aliphatic carbocycles. The van der Waals surface area contributed by atoms with Crippen molar-refractivity contribution in [1.82, 2.24) is 0 Å². The summed E-state index contributed by atoms with van der Waals surface area (Å²) in [5, 5.41) is 4.58. The van der Waals surface area contributed by atoms with Gasteiger partial charge in [0.15, 0.2) is 0 Å². The molecule has 1 aliphatic rings. The molecule has 0 saturated carbocycles. The van der Waals surface area contributed by atoms with E-state index in [1.165, 1.54) is 16.4 Å². The van der Waals surface area contributed by atoms with Gasteiger partial charge >= 0.3 is 6.03 Å². The number of carbonyl (C=O) groups excluding carboxylic acids is 1.